The van der Waals surface area contributed by atoms with Crippen LogP contribution in [-0.2, 0) is 32.3 Å². The van der Waals surface area contributed by atoms with Crippen LogP contribution < -0.4 is 25.2 Å². The second-order valence-corrected chi connectivity index (χ2v) is 12.2. The highest BCUT2D eigenvalue weighted by molar-refractivity contribution is 7.92. The fourth-order valence-corrected chi connectivity index (χ4v) is 6.27. The van der Waals surface area contributed by atoms with Gasteiger partial charge >= 0.3 is 0 Å². The van der Waals surface area contributed by atoms with Crippen LogP contribution in [0.1, 0.15) is 31.9 Å². The number of benzene rings is 4. The second-order valence-electron chi connectivity index (χ2n) is 10.7. The summed E-state index contributed by atoms with van der Waals surface area (Å²) in [6, 6.07) is 25.5. The van der Waals surface area contributed by atoms with Crippen molar-refractivity contribution >= 4 is 57.4 Å². The van der Waals surface area contributed by atoms with Gasteiger partial charge in [-0.3, -0.25) is 14.4 Å². The molecule has 0 saturated heterocycles. The molecule has 2 unspecified atom stereocenters. The van der Waals surface area contributed by atoms with Crippen molar-refractivity contribution < 1.29 is 18.9 Å². The van der Waals surface area contributed by atoms with E-state index in [1.165, 1.54) is 6.92 Å². The number of hydrogen-bond acceptors (Lipinski definition) is 6. The monoisotopic (exact) mass is 613 g/mol. The Balaban J connectivity index is 1.74. The topological polar surface area (TPSA) is 117 Å². The van der Waals surface area contributed by atoms with Crippen LogP contribution in [0.5, 0.6) is 0 Å². The van der Waals surface area contributed by atoms with Crippen molar-refractivity contribution in [1.82, 2.24) is 10.6 Å². The van der Waals surface area contributed by atoms with Gasteiger partial charge in [0.25, 0.3) is 0 Å². The van der Waals surface area contributed by atoms with Crippen molar-refractivity contribution in [2.75, 3.05) is 28.1 Å². The maximum absolute atomic E-state index is 14.3. The number of nitrogens with zero attached hydrogens (tertiary/aromatic N) is 2. The maximum atomic E-state index is 14.3. The number of rotatable bonds is 13. The molecule has 0 aliphatic rings. The number of carbonyl (C=O) groups is 3. The maximum Gasteiger partial charge on any atom is 0.237 e. The molecule has 0 aliphatic heterocycles. The highest BCUT2D eigenvalue weighted by Gasteiger charge is 2.30. The first-order valence-electron chi connectivity index (χ1n) is 14.5. The molecule has 9 nitrogen and oxygen atoms in total. The van der Waals surface area contributed by atoms with E-state index in [4.69, 9.17) is 0 Å². The fraction of sp³-hybridized carbons (Fsp3) is 0.265. The van der Waals surface area contributed by atoms with Gasteiger partial charge in [0.1, 0.15) is 17.0 Å². The summed E-state index contributed by atoms with van der Waals surface area (Å²) in [5, 5.41) is 10.8. The predicted octanol–water partition coefficient (Wildman–Crippen LogP) is 4.91. The molecule has 0 fully saturated rings. The lowest BCUT2D eigenvalue weighted by molar-refractivity contribution is -0.123. The molecule has 0 aromatic heterocycles. The summed E-state index contributed by atoms with van der Waals surface area (Å²) in [7, 11) is 1.71. The number of likely N-dealkylation sites (N-methyl/N-ethyl adjacent to an activating group) is 1. The Bertz CT molecular complexity index is 1610. The van der Waals surface area contributed by atoms with E-state index in [9.17, 15) is 18.9 Å². The average Bonchev–Trinajstić information content (AvgIpc) is 3.02. The lowest BCUT2D eigenvalue weighted by Gasteiger charge is -2.32. The van der Waals surface area contributed by atoms with Gasteiger partial charge in [0.05, 0.1) is 24.8 Å². The Hall–Kier alpha value is -4.38. The first-order chi connectivity index (χ1) is 21.1. The molecule has 0 bridgehead atoms. The van der Waals surface area contributed by atoms with Gasteiger partial charge in [-0.05, 0) is 86.1 Å². The van der Waals surface area contributed by atoms with Crippen LogP contribution in [0.25, 0.3) is 10.8 Å². The quantitative estimate of drug-likeness (QED) is 0.146. The largest absolute Gasteiger partial charge is 0.588 e. The summed E-state index contributed by atoms with van der Waals surface area (Å²) in [6.45, 7) is 7.57. The summed E-state index contributed by atoms with van der Waals surface area (Å²) in [5.74, 6) is -0.384. The van der Waals surface area contributed by atoms with E-state index < -0.39 is 17.4 Å². The normalized spacial score (nSPS) is 13.0. The van der Waals surface area contributed by atoms with Crippen LogP contribution in [0.15, 0.2) is 89.8 Å². The third-order valence-corrected chi connectivity index (χ3v) is 8.84. The SMILES string of the molecule is CN[C@@H](C)C(=O)NC(C)CN(c1ccccc1N(C=O)Cc1c(C)ccc2ccccc12)[S+]([O-])c1ccc(NC(C)=O)cc1. The highest BCUT2D eigenvalue weighted by atomic mass is 32.2. The Morgan fingerprint density at radius 1 is 0.932 bits per heavy atom. The van der Waals surface area contributed by atoms with Gasteiger partial charge < -0.3 is 25.4 Å². The Labute approximate surface area is 261 Å². The minimum absolute atomic E-state index is 0.181. The van der Waals surface area contributed by atoms with Crippen LogP contribution >= 0.6 is 0 Å². The number of para-hydroxylation sites is 2. The Morgan fingerprint density at radius 3 is 2.25 bits per heavy atom. The number of anilines is 3. The number of hydrogen-bond donors (Lipinski definition) is 3. The number of nitrogens with one attached hydrogen (secondary N) is 3. The predicted molar refractivity (Wildman–Crippen MR) is 178 cm³/mol. The molecule has 3 amide bonds. The minimum Gasteiger partial charge on any atom is -0.588 e. The molecule has 0 aliphatic carbocycles. The van der Waals surface area contributed by atoms with Crippen LogP contribution in [-0.4, -0.2) is 48.5 Å². The smallest absolute Gasteiger partial charge is 0.237 e. The number of fused-ring (bicyclic) bond motifs is 1. The molecule has 10 heteroatoms. The van der Waals surface area contributed by atoms with Crippen molar-refractivity contribution in [2.45, 2.75) is 51.2 Å². The van der Waals surface area contributed by atoms with E-state index in [2.05, 4.69) is 34.1 Å². The van der Waals surface area contributed by atoms with Gasteiger partial charge in [0, 0.05) is 18.7 Å². The fourth-order valence-electron chi connectivity index (χ4n) is 4.96. The molecule has 4 aromatic carbocycles. The molecular formula is C34H39N5O4S. The van der Waals surface area contributed by atoms with E-state index in [-0.39, 0.29) is 24.4 Å². The second kappa shape index (κ2) is 14.9. The van der Waals surface area contributed by atoms with Gasteiger partial charge in [-0.15, -0.1) is 0 Å². The van der Waals surface area contributed by atoms with E-state index in [1.807, 2.05) is 56.3 Å². The summed E-state index contributed by atoms with van der Waals surface area (Å²) in [5.41, 5.74) is 3.82. The zero-order valence-electron chi connectivity index (χ0n) is 25.7. The number of carbonyl (C=O) groups excluding carboxylic acids is 3. The average molecular weight is 614 g/mol. The summed E-state index contributed by atoms with van der Waals surface area (Å²) >= 11 is -1.73. The molecule has 4 aromatic rings. The highest BCUT2D eigenvalue weighted by Crippen LogP contribution is 2.35. The molecule has 3 atom stereocenters. The molecule has 0 spiro atoms. The van der Waals surface area contributed by atoms with E-state index in [1.54, 1.807) is 47.4 Å². The molecule has 230 valence electrons. The molecule has 0 radical (unpaired) electrons. The number of aryl methyl sites for hydroxylation is 1. The van der Waals surface area contributed by atoms with E-state index >= 15 is 0 Å². The van der Waals surface area contributed by atoms with Crippen molar-refractivity contribution in [3.05, 3.63) is 96.1 Å². The van der Waals surface area contributed by atoms with Crippen molar-refractivity contribution in [3.63, 3.8) is 0 Å². The van der Waals surface area contributed by atoms with Crippen molar-refractivity contribution in [2.24, 2.45) is 0 Å². The van der Waals surface area contributed by atoms with Gasteiger partial charge in [-0.25, -0.2) is 0 Å². The summed E-state index contributed by atoms with van der Waals surface area (Å²) < 4.78 is 16.0. The van der Waals surface area contributed by atoms with Gasteiger partial charge in [0.2, 0.25) is 18.2 Å². The zero-order valence-corrected chi connectivity index (χ0v) is 26.5. The zero-order chi connectivity index (χ0) is 31.8. The molecule has 0 heterocycles. The first kappa shape index (κ1) is 32.5. The van der Waals surface area contributed by atoms with E-state index in [0.29, 0.717) is 28.5 Å². The molecule has 3 N–H and O–H groups in total. The molecular weight excluding hydrogens is 574 g/mol. The van der Waals surface area contributed by atoms with Crippen LogP contribution in [0.2, 0.25) is 0 Å². The minimum atomic E-state index is -1.73. The lowest BCUT2D eigenvalue weighted by Crippen LogP contribution is -2.49. The first-order valence-corrected chi connectivity index (χ1v) is 15.6. The standard InChI is InChI=1S/C34H39N5O4S/c1-23-14-15-27-10-6-7-11-30(27)31(23)21-38(22-40)32-12-8-9-13-33(32)39(20-24(2)36-34(42)25(3)35-5)44(43)29-18-16-28(17-19-29)37-26(4)41/h6-19,22,24-25,35H,20-21H2,1-5H3,(H,36,42)(H,37,41)/t24?,25-,44?/m0/s1. The Kier molecular flexibility index (Phi) is 11.0. The molecule has 0 saturated carbocycles. The summed E-state index contributed by atoms with van der Waals surface area (Å²) in [4.78, 5) is 39.0. The Morgan fingerprint density at radius 2 is 1.59 bits per heavy atom. The lowest BCUT2D eigenvalue weighted by atomic mass is 9.99. The third-order valence-electron chi connectivity index (χ3n) is 7.42. The van der Waals surface area contributed by atoms with Crippen molar-refractivity contribution in [1.29, 1.82) is 0 Å². The van der Waals surface area contributed by atoms with Crippen LogP contribution in [0, 0.1) is 6.92 Å². The van der Waals surface area contributed by atoms with Gasteiger partial charge in [0.15, 0.2) is 4.90 Å². The summed E-state index contributed by atoms with van der Waals surface area (Å²) in [6.07, 6.45) is 0.795. The number of amides is 3. The third kappa shape index (κ3) is 7.76. The van der Waals surface area contributed by atoms with Crippen LogP contribution in [0.4, 0.5) is 17.1 Å². The van der Waals surface area contributed by atoms with Gasteiger partial charge in [-0.1, -0.05) is 48.5 Å². The van der Waals surface area contributed by atoms with Crippen LogP contribution in [0.3, 0.4) is 0 Å². The molecule has 44 heavy (non-hydrogen) atoms. The van der Waals surface area contributed by atoms with Gasteiger partial charge in [-0.2, -0.15) is 4.31 Å². The van der Waals surface area contributed by atoms with E-state index in [0.717, 1.165) is 28.3 Å². The van der Waals surface area contributed by atoms with Crippen molar-refractivity contribution in [3.8, 4) is 0 Å². The molecule has 4 rings (SSSR count).